The molecule has 0 amide bonds. The van der Waals surface area contributed by atoms with Crippen LogP contribution in [0.15, 0.2) is 11.0 Å². The van der Waals surface area contributed by atoms with Gasteiger partial charge >= 0.3 is 10.2 Å². The van der Waals surface area contributed by atoms with E-state index in [1.165, 1.54) is 0 Å². The van der Waals surface area contributed by atoms with Crippen LogP contribution in [-0.2, 0) is 0 Å². The molecule has 0 saturated heterocycles. The van der Waals surface area contributed by atoms with Crippen LogP contribution in [0, 0.1) is 0 Å². The summed E-state index contributed by atoms with van der Waals surface area (Å²) >= 11 is 0. The summed E-state index contributed by atoms with van der Waals surface area (Å²) in [6.07, 6.45) is -0.268. The first-order valence-corrected chi connectivity index (χ1v) is 4.85. The van der Waals surface area contributed by atoms with Crippen LogP contribution >= 0.6 is 10.2 Å². The van der Waals surface area contributed by atoms with Crippen LogP contribution in [0.25, 0.3) is 0 Å². The van der Waals surface area contributed by atoms with Gasteiger partial charge < -0.3 is 0 Å². The number of rotatable bonds is 2. The van der Waals surface area contributed by atoms with Gasteiger partial charge in [0.05, 0.1) is 4.91 Å². The average Bonchev–Trinajstić information content (AvgIpc) is 1.60. The van der Waals surface area contributed by atoms with Crippen LogP contribution in [0.1, 0.15) is 20.3 Å². The SMILES string of the molecule is C/C=C(\CC)S(F)(F)(F)(F)F. The first kappa shape index (κ1) is 10.7. The van der Waals surface area contributed by atoms with Gasteiger partial charge in [0, 0.05) is 0 Å². The first-order chi connectivity index (χ1) is 4.51. The Morgan fingerprint density at radius 2 is 1.55 bits per heavy atom. The zero-order valence-electron chi connectivity index (χ0n) is 6.08. The molecule has 0 spiro atoms. The second-order valence-electron chi connectivity index (χ2n) is 2.08. The maximum Gasteiger partial charge on any atom is 0.306 e. The van der Waals surface area contributed by atoms with E-state index < -0.39 is 21.5 Å². The van der Waals surface area contributed by atoms with Gasteiger partial charge in [-0.2, -0.15) is 0 Å². The van der Waals surface area contributed by atoms with Crippen molar-refractivity contribution in [2.45, 2.75) is 20.3 Å². The highest BCUT2D eigenvalue weighted by Gasteiger charge is 2.65. The van der Waals surface area contributed by atoms with Crippen LogP contribution in [0.4, 0.5) is 19.4 Å². The van der Waals surface area contributed by atoms with Crippen molar-refractivity contribution in [2.24, 2.45) is 0 Å². The van der Waals surface area contributed by atoms with Crippen molar-refractivity contribution in [1.82, 2.24) is 0 Å². The molecule has 0 saturated carbocycles. The molecule has 0 aliphatic rings. The van der Waals surface area contributed by atoms with Crippen molar-refractivity contribution >= 4 is 10.2 Å². The maximum atomic E-state index is 11.8. The van der Waals surface area contributed by atoms with Crippen molar-refractivity contribution in [3.63, 3.8) is 0 Å². The maximum absolute atomic E-state index is 11.8. The highest BCUT2D eigenvalue weighted by Crippen LogP contribution is 3.02. The second-order valence-corrected chi connectivity index (χ2v) is 4.54. The Bertz CT molecular complexity index is 184. The largest absolute Gasteiger partial charge is 0.306 e. The van der Waals surface area contributed by atoms with Crippen molar-refractivity contribution < 1.29 is 19.4 Å². The number of hydrogen-bond donors (Lipinski definition) is 0. The summed E-state index contributed by atoms with van der Waals surface area (Å²) in [5.74, 6) is 0. The van der Waals surface area contributed by atoms with Crippen molar-refractivity contribution in [2.75, 3.05) is 0 Å². The fraction of sp³-hybridized carbons (Fsp3) is 0.600. The van der Waals surface area contributed by atoms with Gasteiger partial charge in [0.25, 0.3) is 0 Å². The molecule has 0 N–H and O–H groups in total. The van der Waals surface area contributed by atoms with Crippen LogP contribution < -0.4 is 0 Å². The van der Waals surface area contributed by atoms with Gasteiger partial charge in [-0.1, -0.05) is 32.4 Å². The molecule has 6 heteroatoms. The summed E-state index contributed by atoms with van der Waals surface area (Å²) in [6, 6.07) is 0. The third kappa shape index (κ3) is 3.09. The molecular weight excluding hydrogens is 187 g/mol. The molecule has 0 radical (unpaired) electrons. The monoisotopic (exact) mass is 196 g/mol. The van der Waals surface area contributed by atoms with Crippen molar-refractivity contribution in [1.29, 1.82) is 0 Å². The number of hydrogen-bond acceptors (Lipinski definition) is 0. The Kier molecular flexibility index (Phi) is 1.86. The lowest BCUT2D eigenvalue weighted by atomic mass is 10.4. The van der Waals surface area contributed by atoms with E-state index in [0.29, 0.717) is 6.08 Å². The summed E-state index contributed by atoms with van der Waals surface area (Å²) in [5, 5.41) is 0. The van der Waals surface area contributed by atoms with E-state index in [-0.39, 0.29) is 0 Å². The van der Waals surface area contributed by atoms with E-state index in [2.05, 4.69) is 0 Å². The minimum absolute atomic E-state index is 0.418. The molecule has 0 atom stereocenters. The lowest BCUT2D eigenvalue weighted by Crippen LogP contribution is -2.07. The normalized spacial score (nSPS) is 20.8. The van der Waals surface area contributed by atoms with Gasteiger partial charge in [-0.3, -0.25) is 0 Å². The Labute approximate surface area is 61.8 Å². The van der Waals surface area contributed by atoms with Crippen LogP contribution in [0.2, 0.25) is 0 Å². The van der Waals surface area contributed by atoms with Crippen LogP contribution in [0.5, 0.6) is 0 Å². The average molecular weight is 196 g/mol. The molecule has 0 bridgehead atoms. The molecule has 0 aliphatic heterocycles. The van der Waals surface area contributed by atoms with E-state index >= 15 is 0 Å². The molecule has 11 heavy (non-hydrogen) atoms. The molecule has 0 nitrogen and oxygen atoms in total. The standard InChI is InChI=1S/C5H9F5S/c1-3-5(4-2)11(6,7,8,9)10/h3H,4H2,1-2H3/b5-3+. The third-order valence-electron chi connectivity index (χ3n) is 1.17. The third-order valence-corrected chi connectivity index (χ3v) is 2.68. The lowest BCUT2D eigenvalue weighted by Gasteiger charge is -2.42. The summed E-state index contributed by atoms with van der Waals surface area (Å²) in [7, 11) is -9.32. The topological polar surface area (TPSA) is 0 Å². The van der Waals surface area contributed by atoms with E-state index in [9.17, 15) is 19.4 Å². The number of halogens is 5. The van der Waals surface area contributed by atoms with Crippen molar-refractivity contribution in [3.8, 4) is 0 Å². The molecular formula is C5H9F5S. The molecule has 0 heterocycles. The summed E-state index contributed by atoms with van der Waals surface area (Å²) in [5.41, 5.74) is 0. The summed E-state index contributed by atoms with van der Waals surface area (Å²) < 4.78 is 59.1. The molecule has 0 aromatic rings. The second kappa shape index (κ2) is 1.91. The fourth-order valence-electron chi connectivity index (χ4n) is 0.700. The molecule has 0 aliphatic carbocycles. The van der Waals surface area contributed by atoms with Crippen LogP contribution in [-0.4, -0.2) is 0 Å². The fourth-order valence-corrected chi connectivity index (χ4v) is 1.69. The molecule has 70 valence electrons. The molecule has 0 aromatic carbocycles. The molecule has 0 aromatic heterocycles. The predicted molar refractivity (Wildman–Crippen MR) is 37.2 cm³/mol. The lowest BCUT2D eigenvalue weighted by molar-refractivity contribution is 0.376. The van der Waals surface area contributed by atoms with Gasteiger partial charge in [0.1, 0.15) is 0 Å². The summed E-state index contributed by atoms with van der Waals surface area (Å²) in [6.45, 7) is 2.00. The van der Waals surface area contributed by atoms with Crippen molar-refractivity contribution in [3.05, 3.63) is 11.0 Å². The van der Waals surface area contributed by atoms with Gasteiger partial charge in [-0.25, -0.2) is 0 Å². The van der Waals surface area contributed by atoms with E-state index in [1.54, 1.807) is 0 Å². The zero-order chi connectivity index (χ0) is 9.40. The van der Waals surface area contributed by atoms with Gasteiger partial charge in [-0.05, 0) is 13.3 Å². The van der Waals surface area contributed by atoms with Gasteiger partial charge in [0.2, 0.25) is 0 Å². The highest BCUT2D eigenvalue weighted by molar-refractivity contribution is 8.48. The smallest absolute Gasteiger partial charge is 0.0939 e. The van der Waals surface area contributed by atoms with E-state index in [1.807, 2.05) is 0 Å². The highest BCUT2D eigenvalue weighted by atomic mass is 32.5. The minimum Gasteiger partial charge on any atom is -0.0939 e. The molecule has 0 fully saturated rings. The van der Waals surface area contributed by atoms with Gasteiger partial charge in [-0.15, -0.1) is 0 Å². The Hall–Kier alpha value is -0.260. The molecule has 0 unspecified atom stereocenters. The Morgan fingerprint density at radius 3 is 1.55 bits per heavy atom. The molecule has 0 rings (SSSR count). The first-order valence-electron chi connectivity index (χ1n) is 2.90. The minimum atomic E-state index is -9.32. The van der Waals surface area contributed by atoms with Crippen LogP contribution in [0.3, 0.4) is 0 Å². The predicted octanol–water partition coefficient (Wildman–Crippen LogP) is 4.60. The zero-order valence-corrected chi connectivity index (χ0v) is 6.90. The number of allylic oxidation sites excluding steroid dienone is 2. The Balaban J connectivity index is 5.16. The van der Waals surface area contributed by atoms with E-state index in [4.69, 9.17) is 0 Å². The quantitative estimate of drug-likeness (QED) is 0.566. The Morgan fingerprint density at radius 1 is 1.18 bits per heavy atom. The summed E-state index contributed by atoms with van der Waals surface area (Å²) in [4.78, 5) is -1.70. The van der Waals surface area contributed by atoms with Gasteiger partial charge in [0.15, 0.2) is 0 Å². The van der Waals surface area contributed by atoms with E-state index in [0.717, 1.165) is 13.8 Å².